The SMILES string of the molecule is Cc1cc(-c2cccc3ccccc23)cc(C)[o+]1.F[As-](F)(F)(F)(F)F. The van der Waals surface area contributed by atoms with Crippen molar-refractivity contribution in [1.29, 1.82) is 0 Å². The fourth-order valence-electron chi connectivity index (χ4n) is 2.43. The number of hydrogen-bond donors (Lipinski definition) is 0. The molecule has 0 atom stereocenters. The van der Waals surface area contributed by atoms with Crippen LogP contribution in [0.4, 0.5) is 20.8 Å². The van der Waals surface area contributed by atoms with Crippen molar-refractivity contribution in [2.24, 2.45) is 0 Å². The summed E-state index contributed by atoms with van der Waals surface area (Å²) in [5.41, 5.74) is 2.48. The van der Waals surface area contributed by atoms with E-state index in [4.69, 9.17) is 4.42 Å². The normalized spacial score (nSPS) is 14.2. The van der Waals surface area contributed by atoms with Crippen LogP contribution in [-0.2, 0) is 0 Å². The van der Waals surface area contributed by atoms with E-state index in [0.29, 0.717) is 0 Å². The van der Waals surface area contributed by atoms with E-state index in [1.165, 1.54) is 21.9 Å². The molecule has 0 amide bonds. The first-order valence-electron chi connectivity index (χ1n) is 7.15. The van der Waals surface area contributed by atoms with E-state index < -0.39 is 14.2 Å². The Morgan fingerprint density at radius 2 is 1.20 bits per heavy atom. The Kier molecular flexibility index (Phi) is 4.45. The van der Waals surface area contributed by atoms with Crippen molar-refractivity contribution in [3.05, 3.63) is 66.1 Å². The minimum absolute atomic E-state index is 0.943. The van der Waals surface area contributed by atoms with Gasteiger partial charge in [-0.05, 0) is 16.3 Å². The number of halogens is 6. The maximum atomic E-state index is 9.91. The summed E-state index contributed by atoms with van der Waals surface area (Å²) in [6.07, 6.45) is 0. The van der Waals surface area contributed by atoms with Gasteiger partial charge in [-0.25, -0.2) is 4.42 Å². The Labute approximate surface area is 141 Å². The van der Waals surface area contributed by atoms with Crippen LogP contribution in [0.25, 0.3) is 21.9 Å². The average molecular weight is 424 g/mol. The topological polar surface area (TPSA) is 11.3 Å². The molecule has 0 saturated heterocycles. The molecule has 1 nitrogen and oxygen atoms in total. The molecule has 0 aliphatic heterocycles. The summed E-state index contributed by atoms with van der Waals surface area (Å²) in [4.78, 5) is 0. The second-order valence-electron chi connectivity index (χ2n) is 5.55. The molecule has 1 aromatic heterocycles. The fourth-order valence-corrected chi connectivity index (χ4v) is 2.43. The van der Waals surface area contributed by atoms with Crippen molar-refractivity contribution in [3.63, 3.8) is 0 Å². The van der Waals surface area contributed by atoms with Gasteiger partial charge in [0.1, 0.15) is 0 Å². The quantitative estimate of drug-likeness (QED) is 0.230. The molecule has 0 radical (unpaired) electrons. The average Bonchev–Trinajstić information content (AvgIpc) is 2.42. The number of benzene rings is 2. The van der Waals surface area contributed by atoms with Crippen molar-refractivity contribution in [2.45, 2.75) is 13.8 Å². The number of rotatable bonds is 1. The summed E-state index contributed by atoms with van der Waals surface area (Å²) >= 11 is -11.1. The summed E-state index contributed by atoms with van der Waals surface area (Å²) in [5.74, 6) is 1.89. The first-order chi connectivity index (χ1) is 11.2. The van der Waals surface area contributed by atoms with Gasteiger partial charge in [0.15, 0.2) is 0 Å². The van der Waals surface area contributed by atoms with Gasteiger partial charge < -0.3 is 0 Å². The van der Waals surface area contributed by atoms with Crippen molar-refractivity contribution in [2.75, 3.05) is 0 Å². The zero-order chi connectivity index (χ0) is 18.9. The molecule has 0 N–H and O–H groups in total. The van der Waals surface area contributed by atoms with Gasteiger partial charge in [-0.2, -0.15) is 0 Å². The third-order valence-electron chi connectivity index (χ3n) is 3.14. The van der Waals surface area contributed by atoms with Gasteiger partial charge in [0, 0.05) is 17.7 Å². The monoisotopic (exact) mass is 424 g/mol. The Balaban J connectivity index is 0.000000277. The standard InChI is InChI=1S/C17H15O.AsF6/c1-12-10-15(11-13(2)18-12)17-9-5-7-14-6-3-4-8-16(14)17;2-1(3,4,5,6)7/h3-11H,1-2H3;/q+1;-1. The second-order valence-corrected chi connectivity index (χ2v) is 9.57. The molecule has 2 aromatic carbocycles. The molecule has 0 unspecified atom stereocenters. The predicted octanol–water partition coefficient (Wildman–Crippen LogP) is 7.14. The maximum absolute atomic E-state index is 11.1. The summed E-state index contributed by atoms with van der Waals surface area (Å²) in [5, 5.41) is 2.55. The van der Waals surface area contributed by atoms with E-state index in [0.717, 1.165) is 11.5 Å². The van der Waals surface area contributed by atoms with Gasteiger partial charge in [0.2, 0.25) is 0 Å². The molecule has 136 valence electrons. The minimum atomic E-state index is -11.1. The molecule has 0 fully saturated rings. The second kappa shape index (κ2) is 5.77. The van der Waals surface area contributed by atoms with E-state index in [1.54, 1.807) is 0 Å². The van der Waals surface area contributed by atoms with Gasteiger partial charge in [-0.3, -0.25) is 0 Å². The molecule has 25 heavy (non-hydrogen) atoms. The molecular weight excluding hydrogens is 409 g/mol. The number of hydrogen-bond acceptors (Lipinski definition) is 0. The molecular formula is C17H15AsF6O. The Bertz CT molecular complexity index is 883. The van der Waals surface area contributed by atoms with Crippen LogP contribution in [0.5, 0.6) is 0 Å². The van der Waals surface area contributed by atoms with Crippen LogP contribution in [0.3, 0.4) is 0 Å². The molecule has 0 saturated carbocycles. The third-order valence-corrected chi connectivity index (χ3v) is 3.14. The number of fused-ring (bicyclic) bond motifs is 1. The van der Waals surface area contributed by atoms with Crippen LogP contribution in [0.1, 0.15) is 11.5 Å². The predicted molar refractivity (Wildman–Crippen MR) is 87.9 cm³/mol. The molecule has 3 rings (SSSR count). The summed E-state index contributed by atoms with van der Waals surface area (Å²) in [7, 11) is 0. The van der Waals surface area contributed by atoms with Gasteiger partial charge in [-0.1, -0.05) is 42.5 Å². The van der Waals surface area contributed by atoms with Gasteiger partial charge in [0.05, 0.1) is 13.8 Å². The zero-order valence-electron chi connectivity index (χ0n) is 13.3. The zero-order valence-corrected chi connectivity index (χ0v) is 15.2. The van der Waals surface area contributed by atoms with E-state index in [2.05, 4.69) is 54.6 Å². The van der Waals surface area contributed by atoms with Crippen molar-refractivity contribution in [3.8, 4) is 11.1 Å². The van der Waals surface area contributed by atoms with Crippen LogP contribution in [0.15, 0.2) is 59.0 Å². The Hall–Kier alpha value is -2.01. The van der Waals surface area contributed by atoms with Crippen molar-refractivity contribution < 1.29 is 25.2 Å². The summed E-state index contributed by atoms with van der Waals surface area (Å²) in [6, 6.07) is 19.1. The van der Waals surface area contributed by atoms with Crippen molar-refractivity contribution in [1.82, 2.24) is 0 Å². The number of aryl methyl sites for hydroxylation is 2. The summed E-state index contributed by atoms with van der Waals surface area (Å²) in [6.45, 7) is 3.98. The molecule has 0 aliphatic carbocycles. The molecule has 1 heterocycles. The van der Waals surface area contributed by atoms with E-state index in [1.807, 2.05) is 13.8 Å². The van der Waals surface area contributed by atoms with Gasteiger partial charge in [0.25, 0.3) is 0 Å². The molecule has 3 aromatic rings. The Morgan fingerprint density at radius 1 is 0.720 bits per heavy atom. The van der Waals surface area contributed by atoms with Crippen LogP contribution >= 0.6 is 0 Å². The third kappa shape index (κ3) is 7.18. The van der Waals surface area contributed by atoms with Gasteiger partial charge in [-0.15, -0.1) is 0 Å². The fraction of sp³-hybridized carbons (Fsp3) is 0.118. The van der Waals surface area contributed by atoms with E-state index in [-0.39, 0.29) is 0 Å². The molecule has 0 bridgehead atoms. The van der Waals surface area contributed by atoms with E-state index >= 15 is 0 Å². The van der Waals surface area contributed by atoms with Crippen molar-refractivity contribution >= 4 is 24.9 Å². The molecule has 0 spiro atoms. The van der Waals surface area contributed by atoms with Gasteiger partial charge >= 0.3 is 46.5 Å². The summed E-state index contributed by atoms with van der Waals surface area (Å²) < 4.78 is 65.0. The Morgan fingerprint density at radius 3 is 1.76 bits per heavy atom. The first-order valence-corrected chi connectivity index (χ1v) is 11.4. The van der Waals surface area contributed by atoms with Crippen LogP contribution in [-0.4, -0.2) is 14.2 Å². The van der Waals surface area contributed by atoms with Crippen LogP contribution in [0, 0.1) is 13.8 Å². The molecule has 8 heteroatoms. The van der Waals surface area contributed by atoms with Crippen LogP contribution < -0.4 is 0 Å². The molecule has 0 aliphatic rings. The van der Waals surface area contributed by atoms with E-state index in [9.17, 15) is 20.8 Å². The first kappa shape index (κ1) is 19.3. The van der Waals surface area contributed by atoms with Crippen LogP contribution in [0.2, 0.25) is 0 Å².